The van der Waals surface area contributed by atoms with Gasteiger partial charge in [-0.05, 0) is 25.8 Å². The zero-order valence-electron chi connectivity index (χ0n) is 9.66. The van der Waals surface area contributed by atoms with E-state index in [0.717, 1.165) is 19.4 Å². The van der Waals surface area contributed by atoms with Crippen LogP contribution >= 0.6 is 0 Å². The highest BCUT2D eigenvalue weighted by atomic mass is 16.5. The van der Waals surface area contributed by atoms with Gasteiger partial charge < -0.3 is 15.8 Å². The van der Waals surface area contributed by atoms with Gasteiger partial charge in [-0.3, -0.25) is 4.79 Å². The summed E-state index contributed by atoms with van der Waals surface area (Å²) in [6, 6.07) is 0.188. The Bertz CT molecular complexity index is 205. The van der Waals surface area contributed by atoms with Crippen molar-refractivity contribution in [2.24, 2.45) is 11.7 Å². The molecule has 15 heavy (non-hydrogen) atoms. The number of hydrogen-bond acceptors (Lipinski definition) is 3. The number of carbonyl (C=O) groups excluding carboxylic acids is 1. The van der Waals surface area contributed by atoms with Crippen molar-refractivity contribution in [3.63, 3.8) is 0 Å². The van der Waals surface area contributed by atoms with Crippen LogP contribution in [-0.2, 0) is 9.53 Å². The smallest absolute Gasteiger partial charge is 0.220 e. The predicted molar refractivity (Wildman–Crippen MR) is 59.4 cm³/mol. The average molecular weight is 214 g/mol. The first-order valence-corrected chi connectivity index (χ1v) is 5.78. The average Bonchev–Trinajstić information content (AvgIpc) is 2.61. The molecule has 0 aromatic carbocycles. The lowest BCUT2D eigenvalue weighted by molar-refractivity contribution is -0.123. The topological polar surface area (TPSA) is 64.4 Å². The maximum absolute atomic E-state index is 11.7. The second-order valence-corrected chi connectivity index (χ2v) is 4.25. The van der Waals surface area contributed by atoms with Crippen LogP contribution < -0.4 is 11.1 Å². The van der Waals surface area contributed by atoms with Gasteiger partial charge in [-0.1, -0.05) is 13.3 Å². The largest absolute Gasteiger partial charge is 0.376 e. The Hall–Kier alpha value is -0.610. The molecule has 1 aliphatic heterocycles. The van der Waals surface area contributed by atoms with Gasteiger partial charge >= 0.3 is 0 Å². The molecule has 3 atom stereocenters. The van der Waals surface area contributed by atoms with E-state index in [0.29, 0.717) is 18.9 Å². The van der Waals surface area contributed by atoms with E-state index in [-0.39, 0.29) is 18.1 Å². The molecule has 1 aliphatic rings. The van der Waals surface area contributed by atoms with Crippen LogP contribution in [0.25, 0.3) is 0 Å². The van der Waals surface area contributed by atoms with Crippen molar-refractivity contribution in [1.29, 1.82) is 0 Å². The van der Waals surface area contributed by atoms with Crippen LogP contribution in [0, 0.1) is 5.92 Å². The van der Waals surface area contributed by atoms with Gasteiger partial charge in [-0.25, -0.2) is 0 Å². The molecule has 0 saturated carbocycles. The SMILES string of the molecule is CCC(CN)CC(=O)NC1CCOC1C. The zero-order valence-corrected chi connectivity index (χ0v) is 9.66. The molecule has 0 spiro atoms. The third-order valence-electron chi connectivity index (χ3n) is 3.11. The quantitative estimate of drug-likeness (QED) is 0.706. The van der Waals surface area contributed by atoms with Gasteiger partial charge in [0.2, 0.25) is 5.91 Å². The minimum absolute atomic E-state index is 0.106. The first kappa shape index (κ1) is 12.5. The van der Waals surface area contributed by atoms with Gasteiger partial charge in [-0.15, -0.1) is 0 Å². The molecular weight excluding hydrogens is 192 g/mol. The molecule has 0 aliphatic carbocycles. The molecule has 1 fully saturated rings. The molecule has 3 N–H and O–H groups in total. The molecule has 1 amide bonds. The Labute approximate surface area is 91.5 Å². The highest BCUT2D eigenvalue weighted by Gasteiger charge is 2.25. The van der Waals surface area contributed by atoms with Crippen molar-refractivity contribution in [2.75, 3.05) is 13.2 Å². The van der Waals surface area contributed by atoms with Crippen LogP contribution in [0.3, 0.4) is 0 Å². The Morgan fingerprint density at radius 3 is 2.87 bits per heavy atom. The van der Waals surface area contributed by atoms with Crippen LogP contribution in [0.4, 0.5) is 0 Å². The lowest BCUT2D eigenvalue weighted by Gasteiger charge is -2.18. The van der Waals surface area contributed by atoms with Crippen molar-refractivity contribution in [1.82, 2.24) is 5.32 Å². The van der Waals surface area contributed by atoms with Gasteiger partial charge in [0.1, 0.15) is 0 Å². The normalized spacial score (nSPS) is 27.7. The second kappa shape index (κ2) is 6.08. The highest BCUT2D eigenvalue weighted by molar-refractivity contribution is 5.76. The molecular formula is C11H22N2O2. The van der Waals surface area contributed by atoms with Crippen LogP contribution in [-0.4, -0.2) is 31.2 Å². The Morgan fingerprint density at radius 1 is 1.67 bits per heavy atom. The lowest BCUT2D eigenvalue weighted by atomic mass is 10.0. The van der Waals surface area contributed by atoms with Gasteiger partial charge in [0.15, 0.2) is 0 Å². The molecule has 1 rings (SSSR count). The molecule has 88 valence electrons. The summed E-state index contributed by atoms with van der Waals surface area (Å²) in [6.45, 7) is 5.39. The van der Waals surface area contributed by atoms with Crippen molar-refractivity contribution in [3.05, 3.63) is 0 Å². The van der Waals surface area contributed by atoms with E-state index in [4.69, 9.17) is 10.5 Å². The van der Waals surface area contributed by atoms with E-state index >= 15 is 0 Å². The first-order valence-electron chi connectivity index (χ1n) is 5.78. The van der Waals surface area contributed by atoms with Crippen molar-refractivity contribution in [2.45, 2.75) is 45.3 Å². The molecule has 0 bridgehead atoms. The maximum Gasteiger partial charge on any atom is 0.220 e. The summed E-state index contributed by atoms with van der Waals surface area (Å²) < 4.78 is 5.38. The number of rotatable bonds is 5. The monoisotopic (exact) mass is 214 g/mol. The van der Waals surface area contributed by atoms with Gasteiger partial charge in [0.25, 0.3) is 0 Å². The number of hydrogen-bond donors (Lipinski definition) is 2. The van der Waals surface area contributed by atoms with Gasteiger partial charge in [-0.2, -0.15) is 0 Å². The fraction of sp³-hybridized carbons (Fsp3) is 0.909. The number of amides is 1. The van der Waals surface area contributed by atoms with Crippen LogP contribution in [0.15, 0.2) is 0 Å². The van der Waals surface area contributed by atoms with E-state index in [1.165, 1.54) is 0 Å². The Kier molecular flexibility index (Phi) is 5.05. The van der Waals surface area contributed by atoms with Gasteiger partial charge in [0, 0.05) is 13.0 Å². The fourth-order valence-corrected chi connectivity index (χ4v) is 1.84. The molecule has 4 heteroatoms. The van der Waals surface area contributed by atoms with E-state index in [2.05, 4.69) is 12.2 Å². The number of nitrogens with one attached hydrogen (secondary N) is 1. The van der Waals surface area contributed by atoms with Crippen LogP contribution in [0.2, 0.25) is 0 Å². The zero-order chi connectivity index (χ0) is 11.3. The van der Waals surface area contributed by atoms with E-state index in [1.807, 2.05) is 6.92 Å². The Balaban J connectivity index is 2.28. The number of carbonyl (C=O) groups is 1. The third kappa shape index (κ3) is 3.80. The summed E-state index contributed by atoms with van der Waals surface area (Å²) in [7, 11) is 0. The van der Waals surface area contributed by atoms with Crippen molar-refractivity contribution in [3.8, 4) is 0 Å². The van der Waals surface area contributed by atoms with Crippen molar-refractivity contribution >= 4 is 5.91 Å². The summed E-state index contributed by atoms with van der Waals surface area (Å²) in [6.07, 6.45) is 2.57. The molecule has 0 aromatic rings. The van der Waals surface area contributed by atoms with Gasteiger partial charge in [0.05, 0.1) is 12.1 Å². The predicted octanol–water partition coefficient (Wildman–Crippen LogP) is 0.655. The number of ether oxygens (including phenoxy) is 1. The number of nitrogens with two attached hydrogens (primary N) is 1. The summed E-state index contributed by atoms with van der Waals surface area (Å²) in [4.78, 5) is 11.7. The molecule has 1 saturated heterocycles. The Morgan fingerprint density at radius 2 is 2.40 bits per heavy atom. The van der Waals surface area contributed by atoms with E-state index < -0.39 is 0 Å². The highest BCUT2D eigenvalue weighted by Crippen LogP contribution is 2.13. The molecule has 0 aromatic heterocycles. The fourth-order valence-electron chi connectivity index (χ4n) is 1.84. The minimum Gasteiger partial charge on any atom is -0.376 e. The standard InChI is InChI=1S/C11H22N2O2/c1-3-9(7-12)6-11(14)13-10-4-5-15-8(10)2/h8-10H,3-7,12H2,1-2H3,(H,13,14). The van der Waals surface area contributed by atoms with Crippen molar-refractivity contribution < 1.29 is 9.53 Å². The lowest BCUT2D eigenvalue weighted by Crippen LogP contribution is -2.40. The maximum atomic E-state index is 11.7. The van der Waals surface area contributed by atoms with Crippen LogP contribution in [0.1, 0.15) is 33.1 Å². The molecule has 0 radical (unpaired) electrons. The minimum atomic E-state index is 0.106. The first-order chi connectivity index (χ1) is 7.17. The van der Waals surface area contributed by atoms with Crippen LogP contribution in [0.5, 0.6) is 0 Å². The summed E-state index contributed by atoms with van der Waals surface area (Å²) in [5.41, 5.74) is 5.56. The third-order valence-corrected chi connectivity index (χ3v) is 3.11. The van der Waals surface area contributed by atoms with E-state index in [1.54, 1.807) is 0 Å². The molecule has 1 heterocycles. The summed E-state index contributed by atoms with van der Waals surface area (Å²) >= 11 is 0. The molecule has 4 nitrogen and oxygen atoms in total. The summed E-state index contributed by atoms with van der Waals surface area (Å²) in [5.74, 6) is 0.414. The molecule has 3 unspecified atom stereocenters. The van der Waals surface area contributed by atoms with E-state index in [9.17, 15) is 4.79 Å². The summed E-state index contributed by atoms with van der Waals surface area (Å²) in [5, 5.41) is 3.01. The second-order valence-electron chi connectivity index (χ2n) is 4.25.